The van der Waals surface area contributed by atoms with E-state index in [1.165, 1.54) is 35.2 Å². The van der Waals surface area contributed by atoms with E-state index >= 15 is 0 Å². The van der Waals surface area contributed by atoms with Crippen LogP contribution in [0.15, 0.2) is 22.5 Å². The standard InChI is InChI=1S/C9H7F2N3S2/c10-6-2-1-5(7(11)3-6)4-15-9-14-13-8(12)16-9/h1-3H,4H2,(H2,12,13). The number of benzene rings is 1. The zero-order valence-electron chi connectivity index (χ0n) is 7.98. The molecule has 0 spiro atoms. The molecule has 2 aromatic rings. The Morgan fingerprint density at radius 3 is 2.75 bits per heavy atom. The van der Waals surface area contributed by atoms with Gasteiger partial charge in [0, 0.05) is 11.8 Å². The number of nitrogens with two attached hydrogens (primary N) is 1. The molecule has 3 nitrogen and oxygen atoms in total. The van der Waals surface area contributed by atoms with E-state index in [9.17, 15) is 8.78 Å². The van der Waals surface area contributed by atoms with Crippen LogP contribution in [0.1, 0.15) is 5.56 Å². The Bertz CT molecular complexity index is 501. The third-order valence-corrected chi connectivity index (χ3v) is 3.72. The molecule has 0 aliphatic carbocycles. The SMILES string of the molecule is Nc1nnc(SCc2ccc(F)cc2F)s1. The third-order valence-electron chi connectivity index (χ3n) is 1.79. The van der Waals surface area contributed by atoms with Crippen LogP contribution < -0.4 is 5.73 Å². The van der Waals surface area contributed by atoms with Gasteiger partial charge in [0.15, 0.2) is 4.34 Å². The molecule has 0 saturated heterocycles. The normalized spacial score (nSPS) is 10.6. The highest BCUT2D eigenvalue weighted by molar-refractivity contribution is 8.00. The van der Waals surface area contributed by atoms with Crippen LogP contribution in [0.5, 0.6) is 0 Å². The second-order valence-electron chi connectivity index (χ2n) is 2.93. The largest absolute Gasteiger partial charge is 0.374 e. The van der Waals surface area contributed by atoms with Crippen LogP contribution in [-0.2, 0) is 5.75 Å². The summed E-state index contributed by atoms with van der Waals surface area (Å²) < 4.78 is 26.5. The number of rotatable bonds is 3. The lowest BCUT2D eigenvalue weighted by Crippen LogP contribution is -1.88. The molecule has 0 fully saturated rings. The molecule has 0 radical (unpaired) electrons. The monoisotopic (exact) mass is 259 g/mol. The average Bonchev–Trinajstić information content (AvgIpc) is 2.63. The summed E-state index contributed by atoms with van der Waals surface area (Å²) in [5.74, 6) is -0.753. The molecule has 1 aromatic carbocycles. The fraction of sp³-hybridized carbons (Fsp3) is 0.111. The Hall–Kier alpha value is -1.21. The van der Waals surface area contributed by atoms with Crippen molar-refractivity contribution < 1.29 is 8.78 Å². The summed E-state index contributed by atoms with van der Waals surface area (Å²) in [7, 11) is 0. The lowest BCUT2D eigenvalue weighted by molar-refractivity contribution is 0.576. The van der Waals surface area contributed by atoms with Crippen molar-refractivity contribution in [3.8, 4) is 0 Å². The van der Waals surface area contributed by atoms with Gasteiger partial charge < -0.3 is 5.73 Å². The smallest absolute Gasteiger partial charge is 0.203 e. The van der Waals surface area contributed by atoms with Crippen molar-refractivity contribution in [2.24, 2.45) is 0 Å². The fourth-order valence-electron chi connectivity index (χ4n) is 1.06. The maximum absolute atomic E-state index is 13.2. The summed E-state index contributed by atoms with van der Waals surface area (Å²) in [5.41, 5.74) is 5.84. The zero-order valence-corrected chi connectivity index (χ0v) is 9.62. The number of hydrogen-bond donors (Lipinski definition) is 1. The van der Waals surface area contributed by atoms with Crippen LogP contribution in [0.25, 0.3) is 0 Å². The number of halogens is 2. The van der Waals surface area contributed by atoms with Gasteiger partial charge in [-0.1, -0.05) is 29.2 Å². The predicted molar refractivity (Wildman–Crippen MR) is 60.2 cm³/mol. The highest BCUT2D eigenvalue weighted by atomic mass is 32.2. The van der Waals surface area contributed by atoms with Crippen molar-refractivity contribution in [3.63, 3.8) is 0 Å². The van der Waals surface area contributed by atoms with E-state index < -0.39 is 11.6 Å². The first-order chi connectivity index (χ1) is 7.65. The number of nitrogen functional groups attached to an aromatic ring is 1. The highest BCUT2D eigenvalue weighted by Crippen LogP contribution is 2.27. The van der Waals surface area contributed by atoms with Gasteiger partial charge in [0.05, 0.1) is 0 Å². The van der Waals surface area contributed by atoms with Gasteiger partial charge in [0.2, 0.25) is 5.13 Å². The Morgan fingerprint density at radius 1 is 1.31 bits per heavy atom. The molecule has 2 N–H and O–H groups in total. The van der Waals surface area contributed by atoms with Crippen LogP contribution in [0, 0.1) is 11.6 Å². The molecular formula is C9H7F2N3S2. The minimum absolute atomic E-state index is 0.376. The molecule has 84 valence electrons. The lowest BCUT2D eigenvalue weighted by Gasteiger charge is -2.00. The van der Waals surface area contributed by atoms with Crippen molar-refractivity contribution in [1.29, 1.82) is 0 Å². The first-order valence-electron chi connectivity index (χ1n) is 4.31. The van der Waals surface area contributed by atoms with E-state index in [1.807, 2.05) is 0 Å². The number of anilines is 1. The lowest BCUT2D eigenvalue weighted by atomic mass is 10.2. The van der Waals surface area contributed by atoms with Gasteiger partial charge in [-0.3, -0.25) is 0 Å². The van der Waals surface area contributed by atoms with Gasteiger partial charge in [0.25, 0.3) is 0 Å². The number of thioether (sulfide) groups is 1. The van der Waals surface area contributed by atoms with Crippen LogP contribution in [0.3, 0.4) is 0 Å². The molecule has 0 aliphatic rings. The number of nitrogens with zero attached hydrogens (tertiary/aromatic N) is 2. The minimum Gasteiger partial charge on any atom is -0.374 e. The summed E-state index contributed by atoms with van der Waals surface area (Å²) in [6, 6.07) is 3.51. The molecule has 0 aliphatic heterocycles. The van der Waals surface area contributed by atoms with Crippen molar-refractivity contribution in [2.75, 3.05) is 5.73 Å². The average molecular weight is 259 g/mol. The molecule has 16 heavy (non-hydrogen) atoms. The molecule has 0 bridgehead atoms. The van der Waals surface area contributed by atoms with Gasteiger partial charge in [-0.15, -0.1) is 10.2 Å². The summed E-state index contributed by atoms with van der Waals surface area (Å²) in [4.78, 5) is 0. The van der Waals surface area contributed by atoms with Gasteiger partial charge in [-0.25, -0.2) is 8.78 Å². The van der Waals surface area contributed by atoms with Crippen LogP contribution in [0.2, 0.25) is 0 Å². The molecule has 0 unspecified atom stereocenters. The maximum atomic E-state index is 13.2. The first kappa shape index (κ1) is 11.3. The minimum atomic E-state index is -0.577. The van der Waals surface area contributed by atoms with E-state index in [4.69, 9.17) is 5.73 Å². The molecule has 7 heteroatoms. The molecule has 1 aromatic heterocycles. The maximum Gasteiger partial charge on any atom is 0.203 e. The topological polar surface area (TPSA) is 51.8 Å². The van der Waals surface area contributed by atoms with E-state index in [-0.39, 0.29) is 0 Å². The van der Waals surface area contributed by atoms with Crippen LogP contribution in [-0.4, -0.2) is 10.2 Å². The summed E-state index contributed by atoms with van der Waals surface area (Å²) in [6.45, 7) is 0. The van der Waals surface area contributed by atoms with E-state index in [1.54, 1.807) is 0 Å². The molecule has 0 atom stereocenters. The predicted octanol–water partition coefficient (Wildman–Crippen LogP) is 2.69. The van der Waals surface area contributed by atoms with Gasteiger partial charge >= 0.3 is 0 Å². The summed E-state index contributed by atoms with van der Waals surface area (Å²) in [5, 5.41) is 7.80. The van der Waals surface area contributed by atoms with Crippen molar-refractivity contribution >= 4 is 28.2 Å². The molecular weight excluding hydrogens is 252 g/mol. The Kier molecular flexibility index (Phi) is 3.35. The highest BCUT2D eigenvalue weighted by Gasteiger charge is 2.07. The van der Waals surface area contributed by atoms with Crippen LogP contribution >= 0.6 is 23.1 Å². The van der Waals surface area contributed by atoms with Crippen molar-refractivity contribution in [3.05, 3.63) is 35.4 Å². The second kappa shape index (κ2) is 4.75. The van der Waals surface area contributed by atoms with Gasteiger partial charge in [0.1, 0.15) is 11.6 Å². The molecule has 0 saturated carbocycles. The quantitative estimate of drug-likeness (QED) is 0.861. The molecule has 0 amide bonds. The fourth-order valence-corrected chi connectivity index (χ4v) is 2.68. The number of hydrogen-bond acceptors (Lipinski definition) is 5. The summed E-state index contributed by atoms with van der Waals surface area (Å²) >= 11 is 2.55. The molecule has 2 rings (SSSR count). The summed E-state index contributed by atoms with van der Waals surface area (Å²) in [6.07, 6.45) is 0. The Morgan fingerprint density at radius 2 is 2.12 bits per heavy atom. The van der Waals surface area contributed by atoms with Crippen LogP contribution in [0.4, 0.5) is 13.9 Å². The number of aromatic nitrogens is 2. The molecule has 1 heterocycles. The van der Waals surface area contributed by atoms with Gasteiger partial charge in [-0.2, -0.15) is 0 Å². The van der Waals surface area contributed by atoms with Crippen molar-refractivity contribution in [2.45, 2.75) is 10.1 Å². The van der Waals surface area contributed by atoms with E-state index in [0.717, 1.165) is 6.07 Å². The van der Waals surface area contributed by atoms with E-state index in [0.29, 0.717) is 20.8 Å². The van der Waals surface area contributed by atoms with Crippen molar-refractivity contribution in [1.82, 2.24) is 10.2 Å². The zero-order chi connectivity index (χ0) is 11.5. The third kappa shape index (κ3) is 2.67. The van der Waals surface area contributed by atoms with Gasteiger partial charge in [-0.05, 0) is 11.6 Å². The Balaban J connectivity index is 2.04. The Labute approximate surface area is 98.7 Å². The van der Waals surface area contributed by atoms with E-state index in [2.05, 4.69) is 10.2 Å². The second-order valence-corrected chi connectivity index (χ2v) is 5.16. The first-order valence-corrected chi connectivity index (χ1v) is 6.11.